The van der Waals surface area contributed by atoms with Crippen molar-refractivity contribution in [1.29, 1.82) is 0 Å². The molecule has 0 saturated heterocycles. The van der Waals surface area contributed by atoms with E-state index in [1.165, 1.54) is 51.4 Å². The van der Waals surface area contributed by atoms with Crippen LogP contribution in [0.4, 0.5) is 0 Å². The van der Waals surface area contributed by atoms with E-state index in [0.29, 0.717) is 0 Å². The third kappa shape index (κ3) is 11.7. The summed E-state index contributed by atoms with van der Waals surface area (Å²) >= 11 is 0. The second-order valence-electron chi connectivity index (χ2n) is 5.12. The lowest BCUT2D eigenvalue weighted by Crippen LogP contribution is -2.21. The Morgan fingerprint density at radius 1 is 0.882 bits per heavy atom. The van der Waals surface area contributed by atoms with Crippen molar-refractivity contribution in [3.05, 3.63) is 0 Å². The number of carboxylic acids is 1. The fourth-order valence-electron chi connectivity index (χ4n) is 2.32. The van der Waals surface area contributed by atoms with Gasteiger partial charge in [0.15, 0.2) is 0 Å². The lowest BCUT2D eigenvalue weighted by atomic mass is 9.90. The van der Waals surface area contributed by atoms with Gasteiger partial charge >= 0.3 is 0 Å². The summed E-state index contributed by atoms with van der Waals surface area (Å²) in [4.78, 5) is 10.4. The third-order valence-corrected chi connectivity index (χ3v) is 3.43. The Kier molecular flexibility index (Phi) is 11.6. The normalized spacial score (nSPS) is 12.6. The van der Waals surface area contributed by atoms with Crippen molar-refractivity contribution >= 4 is 5.97 Å². The Morgan fingerprint density at radius 2 is 1.47 bits per heavy atom. The molecule has 1 unspecified atom stereocenters. The topological polar surface area (TPSA) is 40.1 Å². The predicted molar refractivity (Wildman–Crippen MR) is 70.6 cm³/mol. The lowest BCUT2D eigenvalue weighted by Gasteiger charge is -2.16. The first-order chi connectivity index (χ1) is 8.20. The number of carboxylic acid groups (broad SMARTS) is 1. The molecule has 0 aromatic heterocycles. The van der Waals surface area contributed by atoms with E-state index in [1.54, 1.807) is 0 Å². The molecular weight excluding hydrogens is 212 g/mol. The molecule has 0 rings (SSSR count). The minimum Gasteiger partial charge on any atom is -0.550 e. The minimum absolute atomic E-state index is 0.234. The smallest absolute Gasteiger partial charge is 0.0414 e. The highest BCUT2D eigenvalue weighted by Gasteiger charge is 2.07. The van der Waals surface area contributed by atoms with Crippen molar-refractivity contribution in [2.75, 3.05) is 0 Å². The number of carbonyl (C=O) groups is 1. The number of aliphatic carboxylic acids is 1. The van der Waals surface area contributed by atoms with Crippen LogP contribution in [-0.4, -0.2) is 5.97 Å². The molecule has 2 nitrogen and oxygen atoms in total. The highest BCUT2D eigenvalue weighted by molar-refractivity contribution is 5.64. The molecule has 0 amide bonds. The highest BCUT2D eigenvalue weighted by Crippen LogP contribution is 2.22. The minimum atomic E-state index is -0.898. The molecule has 102 valence electrons. The summed E-state index contributed by atoms with van der Waals surface area (Å²) in [5.74, 6) is -0.156. The quantitative estimate of drug-likeness (QED) is 0.489. The van der Waals surface area contributed by atoms with Gasteiger partial charge in [0.1, 0.15) is 0 Å². The number of rotatable bonds is 12. The van der Waals surface area contributed by atoms with Crippen molar-refractivity contribution in [3.63, 3.8) is 0 Å². The van der Waals surface area contributed by atoms with Gasteiger partial charge in [0.2, 0.25) is 0 Å². The van der Waals surface area contributed by atoms with Crippen LogP contribution in [0.15, 0.2) is 0 Å². The molecule has 1 atom stereocenters. The number of unbranched alkanes of at least 4 members (excludes halogenated alkanes) is 4. The first-order valence-electron chi connectivity index (χ1n) is 7.40. The summed E-state index contributed by atoms with van der Waals surface area (Å²) in [7, 11) is 0. The fraction of sp³-hybridized carbons (Fsp3) is 0.933. The molecule has 0 spiro atoms. The highest BCUT2D eigenvalue weighted by atomic mass is 16.4. The summed E-state index contributed by atoms with van der Waals surface area (Å²) in [5.41, 5.74) is 0. The molecule has 0 bridgehead atoms. The van der Waals surface area contributed by atoms with E-state index in [9.17, 15) is 9.90 Å². The molecule has 0 fully saturated rings. The maximum atomic E-state index is 10.4. The zero-order valence-corrected chi connectivity index (χ0v) is 11.7. The van der Waals surface area contributed by atoms with Crippen LogP contribution < -0.4 is 5.11 Å². The Morgan fingerprint density at radius 3 is 2.06 bits per heavy atom. The van der Waals surface area contributed by atoms with Gasteiger partial charge in [-0.05, 0) is 18.8 Å². The average Bonchev–Trinajstić information content (AvgIpc) is 2.30. The molecule has 0 heterocycles. The van der Waals surface area contributed by atoms with Crippen LogP contribution >= 0.6 is 0 Å². The Bertz CT molecular complexity index is 178. The van der Waals surface area contributed by atoms with Crippen LogP contribution in [0, 0.1) is 5.92 Å². The van der Waals surface area contributed by atoms with Crippen LogP contribution in [0.2, 0.25) is 0 Å². The summed E-state index contributed by atoms with van der Waals surface area (Å²) in [5, 5.41) is 10.4. The van der Waals surface area contributed by atoms with Crippen LogP contribution in [-0.2, 0) is 4.79 Å². The van der Waals surface area contributed by atoms with E-state index in [4.69, 9.17) is 0 Å². The molecule has 0 aliphatic carbocycles. The average molecular weight is 241 g/mol. The van der Waals surface area contributed by atoms with Gasteiger partial charge in [-0.3, -0.25) is 0 Å². The molecule has 0 aromatic rings. The van der Waals surface area contributed by atoms with Crippen molar-refractivity contribution in [2.45, 2.75) is 84.5 Å². The molecule has 0 aliphatic rings. The molecule has 0 N–H and O–H groups in total. The molecule has 0 saturated carbocycles. The van der Waals surface area contributed by atoms with E-state index < -0.39 is 5.97 Å². The molecule has 2 heteroatoms. The van der Waals surface area contributed by atoms with E-state index in [0.717, 1.165) is 18.8 Å². The van der Waals surface area contributed by atoms with E-state index >= 15 is 0 Å². The monoisotopic (exact) mass is 241 g/mol. The van der Waals surface area contributed by atoms with Crippen molar-refractivity contribution in [2.24, 2.45) is 5.92 Å². The number of hydrogen-bond donors (Lipinski definition) is 0. The van der Waals surface area contributed by atoms with Crippen molar-refractivity contribution in [1.82, 2.24) is 0 Å². The van der Waals surface area contributed by atoms with Gasteiger partial charge in [-0.15, -0.1) is 0 Å². The summed E-state index contributed by atoms with van der Waals surface area (Å²) < 4.78 is 0. The van der Waals surface area contributed by atoms with Crippen molar-refractivity contribution in [3.8, 4) is 0 Å². The second kappa shape index (κ2) is 11.9. The molecule has 0 aromatic carbocycles. The number of hydrogen-bond acceptors (Lipinski definition) is 2. The maximum Gasteiger partial charge on any atom is 0.0414 e. The van der Waals surface area contributed by atoms with Gasteiger partial charge in [0.05, 0.1) is 0 Å². The molecule has 0 aliphatic heterocycles. The van der Waals surface area contributed by atoms with Crippen LogP contribution in [0.5, 0.6) is 0 Å². The van der Waals surface area contributed by atoms with Gasteiger partial charge < -0.3 is 9.90 Å². The largest absolute Gasteiger partial charge is 0.550 e. The fourth-order valence-corrected chi connectivity index (χ4v) is 2.32. The van der Waals surface area contributed by atoms with Gasteiger partial charge in [-0.25, -0.2) is 0 Å². The zero-order chi connectivity index (χ0) is 12.9. The first-order valence-corrected chi connectivity index (χ1v) is 7.40. The Hall–Kier alpha value is -0.530. The van der Waals surface area contributed by atoms with Crippen LogP contribution in [0.25, 0.3) is 0 Å². The van der Waals surface area contributed by atoms with Crippen molar-refractivity contribution < 1.29 is 9.90 Å². The van der Waals surface area contributed by atoms with Crippen LogP contribution in [0.3, 0.4) is 0 Å². The maximum absolute atomic E-state index is 10.4. The summed E-state index contributed by atoms with van der Waals surface area (Å²) in [6.07, 6.45) is 12.4. The van der Waals surface area contributed by atoms with E-state index in [2.05, 4.69) is 13.8 Å². The standard InChI is InChI=1S/C15H30O2/c1-3-5-7-8-11-14(10-6-4-2)12-9-13-15(16)17/h14H,3-13H2,1-2H3,(H,16,17)/p-1. The number of carbonyl (C=O) groups excluding carboxylic acids is 1. The van der Waals surface area contributed by atoms with E-state index in [-0.39, 0.29) is 6.42 Å². The van der Waals surface area contributed by atoms with Gasteiger partial charge in [-0.1, -0.05) is 71.6 Å². The van der Waals surface area contributed by atoms with Crippen LogP contribution in [0.1, 0.15) is 84.5 Å². The first kappa shape index (κ1) is 16.5. The lowest BCUT2D eigenvalue weighted by molar-refractivity contribution is -0.305. The van der Waals surface area contributed by atoms with E-state index in [1.807, 2.05) is 0 Å². The molecular formula is C15H29O2-. The van der Waals surface area contributed by atoms with Gasteiger partial charge in [0.25, 0.3) is 0 Å². The summed E-state index contributed by atoms with van der Waals surface area (Å²) in [6, 6.07) is 0. The Labute approximate surface area is 107 Å². The Balaban J connectivity index is 3.67. The van der Waals surface area contributed by atoms with Gasteiger partial charge in [0, 0.05) is 5.97 Å². The SMILES string of the molecule is CCCCCCC(CCCC)CCCC(=O)[O-]. The molecule has 0 radical (unpaired) electrons. The summed E-state index contributed by atoms with van der Waals surface area (Å²) in [6.45, 7) is 4.45. The second-order valence-corrected chi connectivity index (χ2v) is 5.12. The molecule has 17 heavy (non-hydrogen) atoms. The third-order valence-electron chi connectivity index (χ3n) is 3.43. The predicted octanol–water partition coefficient (Wildman–Crippen LogP) is 3.68. The zero-order valence-electron chi connectivity index (χ0n) is 11.7. The van der Waals surface area contributed by atoms with Gasteiger partial charge in [-0.2, -0.15) is 0 Å².